The van der Waals surface area contributed by atoms with Crippen LogP contribution >= 0.6 is 0 Å². The van der Waals surface area contributed by atoms with Crippen LogP contribution in [0.15, 0.2) is 0 Å². The third-order valence-electron chi connectivity index (χ3n) is 6.70. The number of nitriles is 1. The van der Waals surface area contributed by atoms with Crippen LogP contribution in [-0.4, -0.2) is 52.3 Å². The summed E-state index contributed by atoms with van der Waals surface area (Å²) in [6.45, 7) is 1.69. The summed E-state index contributed by atoms with van der Waals surface area (Å²) in [7, 11) is 1.62. The number of carbonyl (C=O) groups is 3. The molecule has 2 saturated carbocycles. The number of carbonyl (C=O) groups excluding carboxylic acids is 3. The van der Waals surface area contributed by atoms with Crippen molar-refractivity contribution in [3.63, 3.8) is 0 Å². The standard InChI is InChI=1S/C19H28N4O3/c1-14-8-4-7-11-19(14)16(25)23(17(26)21-19)12-15(24)22(2)18(13-20)9-5-3-6-10-18/h14H,3-12H2,1-2H3,(H,21,26)/t14-,19+/m1/s1. The number of nitrogens with one attached hydrogen (secondary N) is 1. The van der Waals surface area contributed by atoms with Gasteiger partial charge in [-0.3, -0.25) is 14.5 Å². The molecule has 0 radical (unpaired) electrons. The van der Waals surface area contributed by atoms with Crippen molar-refractivity contribution in [2.45, 2.75) is 75.8 Å². The van der Waals surface area contributed by atoms with Crippen molar-refractivity contribution in [2.24, 2.45) is 5.92 Å². The summed E-state index contributed by atoms with van der Waals surface area (Å²) in [6.07, 6.45) is 7.66. The van der Waals surface area contributed by atoms with Crippen LogP contribution in [0.3, 0.4) is 0 Å². The number of hydrogen-bond acceptors (Lipinski definition) is 4. The second-order valence-electron chi connectivity index (χ2n) is 8.10. The molecule has 3 aliphatic rings. The van der Waals surface area contributed by atoms with E-state index in [1.54, 1.807) is 7.05 Å². The topological polar surface area (TPSA) is 93.5 Å². The zero-order valence-corrected chi connectivity index (χ0v) is 15.7. The molecule has 26 heavy (non-hydrogen) atoms. The van der Waals surface area contributed by atoms with Crippen LogP contribution in [0.1, 0.15) is 64.7 Å². The monoisotopic (exact) mass is 360 g/mol. The smallest absolute Gasteiger partial charge is 0.325 e. The Kier molecular flexibility index (Phi) is 4.96. The lowest BCUT2D eigenvalue weighted by Crippen LogP contribution is -2.55. The summed E-state index contributed by atoms with van der Waals surface area (Å²) in [6, 6.07) is 1.82. The molecular formula is C19H28N4O3. The second-order valence-corrected chi connectivity index (χ2v) is 8.10. The van der Waals surface area contributed by atoms with Crippen LogP contribution in [0.2, 0.25) is 0 Å². The molecule has 0 aromatic heterocycles. The Morgan fingerprint density at radius 2 is 1.88 bits per heavy atom. The molecule has 1 N–H and O–H groups in total. The molecule has 7 heteroatoms. The van der Waals surface area contributed by atoms with Gasteiger partial charge in [-0.1, -0.05) is 39.0 Å². The van der Waals surface area contributed by atoms with Gasteiger partial charge in [0.05, 0.1) is 6.07 Å². The van der Waals surface area contributed by atoms with Crippen molar-refractivity contribution < 1.29 is 14.4 Å². The third kappa shape index (κ3) is 2.85. The summed E-state index contributed by atoms with van der Waals surface area (Å²) in [4.78, 5) is 40.8. The van der Waals surface area contributed by atoms with Crippen molar-refractivity contribution in [1.29, 1.82) is 5.26 Å². The fourth-order valence-electron chi connectivity index (χ4n) is 4.78. The second kappa shape index (κ2) is 6.90. The maximum atomic E-state index is 13.0. The summed E-state index contributed by atoms with van der Waals surface area (Å²) >= 11 is 0. The number of urea groups is 1. The van der Waals surface area contributed by atoms with Crippen LogP contribution in [0.5, 0.6) is 0 Å². The molecule has 1 heterocycles. The van der Waals surface area contributed by atoms with Crippen LogP contribution in [-0.2, 0) is 9.59 Å². The molecule has 1 aliphatic heterocycles. The molecule has 1 saturated heterocycles. The fourth-order valence-corrected chi connectivity index (χ4v) is 4.78. The van der Waals surface area contributed by atoms with Crippen molar-refractivity contribution in [3.05, 3.63) is 0 Å². The molecule has 3 rings (SSSR count). The number of imide groups is 1. The molecule has 1 spiro atoms. The molecule has 4 amide bonds. The predicted octanol–water partition coefficient (Wildman–Crippen LogP) is 2.17. The average molecular weight is 360 g/mol. The first-order valence-electron chi connectivity index (χ1n) is 9.68. The van der Waals surface area contributed by atoms with Crippen molar-refractivity contribution in [2.75, 3.05) is 13.6 Å². The summed E-state index contributed by atoms with van der Waals surface area (Å²) in [5.41, 5.74) is -1.67. The highest BCUT2D eigenvalue weighted by atomic mass is 16.2. The van der Waals surface area contributed by atoms with Crippen LogP contribution in [0.4, 0.5) is 4.79 Å². The van der Waals surface area contributed by atoms with Crippen LogP contribution in [0.25, 0.3) is 0 Å². The Balaban J connectivity index is 1.74. The van der Waals surface area contributed by atoms with E-state index in [1.807, 2.05) is 6.92 Å². The highest BCUT2D eigenvalue weighted by molar-refractivity contribution is 6.09. The van der Waals surface area contributed by atoms with Crippen molar-refractivity contribution in [1.82, 2.24) is 15.1 Å². The van der Waals surface area contributed by atoms with Gasteiger partial charge in [-0.2, -0.15) is 5.26 Å². The molecule has 3 fully saturated rings. The molecule has 7 nitrogen and oxygen atoms in total. The third-order valence-corrected chi connectivity index (χ3v) is 6.70. The van der Waals surface area contributed by atoms with Gasteiger partial charge in [-0.15, -0.1) is 0 Å². The Labute approximate surface area is 154 Å². The number of rotatable bonds is 3. The van der Waals surface area contributed by atoms with Gasteiger partial charge in [0.2, 0.25) is 5.91 Å². The Morgan fingerprint density at radius 3 is 2.50 bits per heavy atom. The molecular weight excluding hydrogens is 332 g/mol. The first kappa shape index (κ1) is 18.7. The Bertz CT molecular complexity index is 650. The van der Waals surface area contributed by atoms with E-state index in [2.05, 4.69) is 11.4 Å². The maximum absolute atomic E-state index is 13.0. The van der Waals surface area contributed by atoms with Crippen LogP contribution in [0, 0.1) is 17.2 Å². The van der Waals surface area contributed by atoms with Gasteiger partial charge in [0, 0.05) is 7.05 Å². The minimum Gasteiger partial charge on any atom is -0.325 e. The lowest BCUT2D eigenvalue weighted by Gasteiger charge is -2.39. The van der Waals surface area contributed by atoms with E-state index in [9.17, 15) is 19.6 Å². The van der Waals surface area contributed by atoms with E-state index in [0.717, 1.165) is 43.4 Å². The van der Waals surface area contributed by atoms with Crippen LogP contribution < -0.4 is 5.32 Å². The SMILES string of the molecule is C[C@@H]1CCCC[C@]12NC(=O)N(CC(=O)N(C)C1(C#N)CCCCC1)C2=O. The maximum Gasteiger partial charge on any atom is 0.325 e. The quantitative estimate of drug-likeness (QED) is 0.781. The van der Waals surface area contributed by atoms with Gasteiger partial charge in [0.25, 0.3) is 5.91 Å². The molecule has 0 aromatic carbocycles. The minimum atomic E-state index is -0.855. The highest BCUT2D eigenvalue weighted by Crippen LogP contribution is 2.38. The molecule has 0 unspecified atom stereocenters. The molecule has 0 bridgehead atoms. The minimum absolute atomic E-state index is 0.0642. The number of amides is 4. The van der Waals surface area contributed by atoms with Gasteiger partial charge in [-0.25, -0.2) is 4.79 Å². The first-order valence-corrected chi connectivity index (χ1v) is 9.68. The van der Waals surface area contributed by atoms with Gasteiger partial charge in [0.15, 0.2) is 0 Å². The van der Waals surface area contributed by atoms with Crippen molar-refractivity contribution in [3.8, 4) is 6.07 Å². The summed E-state index contributed by atoms with van der Waals surface area (Å²) in [5.74, 6) is -0.571. The first-order chi connectivity index (χ1) is 12.4. The van der Waals surface area contributed by atoms with E-state index >= 15 is 0 Å². The van der Waals surface area contributed by atoms with E-state index < -0.39 is 17.1 Å². The van der Waals surface area contributed by atoms with Gasteiger partial charge < -0.3 is 10.2 Å². The number of likely N-dealkylation sites (N-methyl/N-ethyl adjacent to an activating group) is 1. The lowest BCUT2D eigenvalue weighted by molar-refractivity contribution is -0.142. The highest BCUT2D eigenvalue weighted by Gasteiger charge is 2.55. The number of hydrogen-bond donors (Lipinski definition) is 1. The normalized spacial score (nSPS) is 30.8. The zero-order valence-electron chi connectivity index (χ0n) is 15.7. The van der Waals surface area contributed by atoms with E-state index in [-0.39, 0.29) is 24.3 Å². The fraction of sp³-hybridized carbons (Fsp3) is 0.789. The predicted molar refractivity (Wildman–Crippen MR) is 94.8 cm³/mol. The van der Waals surface area contributed by atoms with E-state index in [1.165, 1.54) is 4.90 Å². The molecule has 2 aliphatic carbocycles. The van der Waals surface area contributed by atoms with Gasteiger partial charge in [0.1, 0.15) is 17.6 Å². The molecule has 2 atom stereocenters. The summed E-state index contributed by atoms with van der Waals surface area (Å²) < 4.78 is 0. The van der Waals surface area contributed by atoms with E-state index in [4.69, 9.17) is 0 Å². The zero-order chi connectivity index (χ0) is 18.9. The Morgan fingerprint density at radius 1 is 1.23 bits per heavy atom. The average Bonchev–Trinajstić information content (AvgIpc) is 2.89. The van der Waals surface area contributed by atoms with Gasteiger partial charge >= 0.3 is 6.03 Å². The lowest BCUT2D eigenvalue weighted by atomic mass is 9.73. The molecule has 142 valence electrons. The van der Waals surface area contributed by atoms with E-state index in [0.29, 0.717) is 19.3 Å². The number of nitrogens with zero attached hydrogens (tertiary/aromatic N) is 3. The Hall–Kier alpha value is -2.10. The summed E-state index contributed by atoms with van der Waals surface area (Å²) in [5, 5.41) is 12.5. The largest absolute Gasteiger partial charge is 0.325 e. The van der Waals surface area contributed by atoms with Gasteiger partial charge in [-0.05, 0) is 31.6 Å². The molecule has 0 aromatic rings. The van der Waals surface area contributed by atoms with Crippen molar-refractivity contribution >= 4 is 17.8 Å².